The second kappa shape index (κ2) is 10.7. The minimum absolute atomic E-state index is 0.0259. The molecule has 0 aliphatic carbocycles. The molecule has 0 unspecified atom stereocenters. The van der Waals surface area contributed by atoms with Crippen LogP contribution in [-0.4, -0.2) is 64.3 Å². The lowest BCUT2D eigenvalue weighted by Gasteiger charge is -2.29. The number of carbonyl (C=O) groups is 2. The highest BCUT2D eigenvalue weighted by Gasteiger charge is 2.39. The molecule has 0 bridgehead atoms. The van der Waals surface area contributed by atoms with Crippen LogP contribution >= 0.6 is 11.6 Å². The van der Waals surface area contributed by atoms with Crippen LogP contribution in [0.4, 0.5) is 17.5 Å². The normalized spacial score (nSPS) is 17.9. The van der Waals surface area contributed by atoms with Crippen molar-refractivity contribution < 1.29 is 9.59 Å². The fourth-order valence-electron chi connectivity index (χ4n) is 4.47. The number of nitrogens with two attached hydrogens (primary N) is 1. The highest BCUT2D eigenvalue weighted by atomic mass is 35.5. The first-order valence-corrected chi connectivity index (χ1v) is 12.3. The SMILES string of the molecule is CC(=O)N1CCC(N=CC(CN)=Nc2ncc(Cl)c(NCc3cccc4c3C(C)(C)C(=O)N4)n2)CC1. The molecule has 1 fully saturated rings. The molecule has 1 aromatic heterocycles. The van der Waals surface area contributed by atoms with Crippen molar-refractivity contribution in [2.75, 3.05) is 30.3 Å². The van der Waals surface area contributed by atoms with Crippen molar-refractivity contribution in [3.63, 3.8) is 0 Å². The van der Waals surface area contributed by atoms with Gasteiger partial charge in [0.15, 0.2) is 5.82 Å². The van der Waals surface area contributed by atoms with Gasteiger partial charge >= 0.3 is 0 Å². The maximum atomic E-state index is 12.4. The number of nitrogens with zero attached hydrogens (tertiary/aromatic N) is 5. The van der Waals surface area contributed by atoms with E-state index in [2.05, 4.69) is 30.6 Å². The molecular weight excluding hydrogens is 480 g/mol. The molecule has 190 valence electrons. The Bertz CT molecular complexity index is 1220. The van der Waals surface area contributed by atoms with Gasteiger partial charge in [-0.3, -0.25) is 14.6 Å². The van der Waals surface area contributed by atoms with Crippen LogP contribution in [0.25, 0.3) is 0 Å². The Morgan fingerprint density at radius 3 is 2.81 bits per heavy atom. The summed E-state index contributed by atoms with van der Waals surface area (Å²) in [5.74, 6) is 0.720. The zero-order valence-corrected chi connectivity index (χ0v) is 21.5. The molecule has 3 heterocycles. The Kier molecular flexibility index (Phi) is 7.65. The third kappa shape index (κ3) is 5.55. The second-order valence-electron chi connectivity index (χ2n) is 9.46. The van der Waals surface area contributed by atoms with Gasteiger partial charge in [-0.1, -0.05) is 23.7 Å². The van der Waals surface area contributed by atoms with Crippen molar-refractivity contribution in [2.24, 2.45) is 15.7 Å². The van der Waals surface area contributed by atoms with Crippen molar-refractivity contribution in [3.8, 4) is 0 Å². The number of nitrogens with one attached hydrogen (secondary N) is 2. The number of anilines is 2. The number of aliphatic imine (C=N–C) groups is 2. The molecule has 10 nitrogen and oxygen atoms in total. The number of fused-ring (bicyclic) bond motifs is 1. The smallest absolute Gasteiger partial charge is 0.251 e. The minimum atomic E-state index is -0.628. The summed E-state index contributed by atoms with van der Waals surface area (Å²) in [6, 6.07) is 5.91. The number of piperidine rings is 1. The monoisotopic (exact) mass is 510 g/mol. The van der Waals surface area contributed by atoms with Crippen LogP contribution in [0.5, 0.6) is 0 Å². The standard InChI is InChI=1S/C25H31ClN8O2/c1-15(35)34-9-7-17(8-10-34)28-13-18(11-27)31-24-30-14-19(26)22(33-24)29-12-16-5-4-6-20-21(16)25(2,3)23(36)32-20/h4-6,13-14,17H,7-12,27H2,1-3H3,(H,32,36)(H,29,30,33). The maximum Gasteiger partial charge on any atom is 0.251 e. The van der Waals surface area contributed by atoms with E-state index in [4.69, 9.17) is 17.3 Å². The molecule has 0 radical (unpaired) electrons. The molecule has 0 spiro atoms. The lowest BCUT2D eigenvalue weighted by atomic mass is 9.83. The molecule has 4 N–H and O–H groups in total. The molecule has 2 aromatic rings. The molecule has 4 rings (SSSR count). The van der Waals surface area contributed by atoms with E-state index in [1.807, 2.05) is 36.9 Å². The predicted octanol–water partition coefficient (Wildman–Crippen LogP) is 3.08. The topological polar surface area (TPSA) is 138 Å². The number of rotatable bonds is 7. The van der Waals surface area contributed by atoms with E-state index < -0.39 is 5.41 Å². The van der Waals surface area contributed by atoms with E-state index in [1.54, 1.807) is 13.1 Å². The Balaban J connectivity index is 1.46. The quantitative estimate of drug-likeness (QED) is 0.489. The highest BCUT2D eigenvalue weighted by molar-refractivity contribution is 6.33. The number of aromatic nitrogens is 2. The lowest BCUT2D eigenvalue weighted by molar-refractivity contribution is -0.129. The number of hydrogen-bond acceptors (Lipinski definition) is 8. The highest BCUT2D eigenvalue weighted by Crippen LogP contribution is 2.39. The Labute approximate surface area is 215 Å². The molecule has 0 saturated carbocycles. The van der Waals surface area contributed by atoms with Crippen molar-refractivity contribution in [3.05, 3.63) is 40.5 Å². The van der Waals surface area contributed by atoms with Crippen molar-refractivity contribution in [2.45, 2.75) is 51.6 Å². The molecule has 2 aliphatic heterocycles. The van der Waals surface area contributed by atoms with E-state index in [0.29, 0.717) is 36.2 Å². The second-order valence-corrected chi connectivity index (χ2v) is 9.87. The van der Waals surface area contributed by atoms with Gasteiger partial charge in [0.25, 0.3) is 5.95 Å². The zero-order valence-electron chi connectivity index (χ0n) is 20.7. The van der Waals surface area contributed by atoms with Gasteiger partial charge in [-0.05, 0) is 43.9 Å². The fraction of sp³-hybridized carbons (Fsp3) is 0.440. The third-order valence-electron chi connectivity index (χ3n) is 6.57. The first-order chi connectivity index (χ1) is 17.2. The van der Waals surface area contributed by atoms with Crippen LogP contribution in [0.15, 0.2) is 34.4 Å². The molecular formula is C25H31ClN8O2. The number of likely N-dealkylation sites (tertiary alicyclic amines) is 1. The first-order valence-electron chi connectivity index (χ1n) is 12.0. The van der Waals surface area contributed by atoms with Crippen LogP contribution < -0.4 is 16.4 Å². The van der Waals surface area contributed by atoms with E-state index in [0.717, 1.165) is 29.7 Å². The molecule has 0 atom stereocenters. The average molecular weight is 511 g/mol. The summed E-state index contributed by atoms with van der Waals surface area (Å²) in [6.07, 6.45) is 4.77. The lowest BCUT2D eigenvalue weighted by Crippen LogP contribution is -2.38. The minimum Gasteiger partial charge on any atom is -0.365 e. The molecule has 1 aromatic carbocycles. The number of amides is 2. The molecule has 1 saturated heterocycles. The van der Waals surface area contributed by atoms with Crippen LogP contribution in [-0.2, 0) is 21.5 Å². The Morgan fingerprint density at radius 2 is 2.11 bits per heavy atom. The van der Waals surface area contributed by atoms with Gasteiger partial charge in [-0.25, -0.2) is 9.98 Å². The number of hydrogen-bond donors (Lipinski definition) is 3. The molecule has 2 amide bonds. The molecule has 2 aliphatic rings. The fourth-order valence-corrected chi connectivity index (χ4v) is 4.63. The number of benzene rings is 1. The van der Waals surface area contributed by atoms with Crippen LogP contribution in [0.3, 0.4) is 0 Å². The summed E-state index contributed by atoms with van der Waals surface area (Å²) in [5.41, 5.74) is 8.56. The predicted molar refractivity (Wildman–Crippen MR) is 142 cm³/mol. The Hall–Kier alpha value is -3.37. The summed E-state index contributed by atoms with van der Waals surface area (Å²) in [6.45, 7) is 7.41. The zero-order chi connectivity index (χ0) is 25.9. The molecule has 36 heavy (non-hydrogen) atoms. The summed E-state index contributed by atoms with van der Waals surface area (Å²) in [4.78, 5) is 43.4. The van der Waals surface area contributed by atoms with Crippen molar-refractivity contribution >= 4 is 52.8 Å². The van der Waals surface area contributed by atoms with Gasteiger partial charge < -0.3 is 21.3 Å². The summed E-state index contributed by atoms with van der Waals surface area (Å²) in [5, 5.41) is 6.55. The van der Waals surface area contributed by atoms with Gasteiger partial charge in [0, 0.05) is 45.0 Å². The van der Waals surface area contributed by atoms with Crippen molar-refractivity contribution in [1.29, 1.82) is 0 Å². The molecule has 11 heteroatoms. The van der Waals surface area contributed by atoms with Crippen LogP contribution in [0.1, 0.15) is 44.7 Å². The summed E-state index contributed by atoms with van der Waals surface area (Å²) < 4.78 is 0. The van der Waals surface area contributed by atoms with E-state index in [1.165, 1.54) is 6.20 Å². The van der Waals surface area contributed by atoms with Gasteiger partial charge in [0.2, 0.25) is 11.8 Å². The van der Waals surface area contributed by atoms with E-state index in [9.17, 15) is 9.59 Å². The Morgan fingerprint density at radius 1 is 1.36 bits per heavy atom. The maximum absolute atomic E-state index is 12.4. The summed E-state index contributed by atoms with van der Waals surface area (Å²) in [7, 11) is 0. The average Bonchev–Trinajstić information content (AvgIpc) is 3.10. The third-order valence-corrected chi connectivity index (χ3v) is 6.84. The van der Waals surface area contributed by atoms with E-state index in [-0.39, 0.29) is 30.3 Å². The van der Waals surface area contributed by atoms with Crippen molar-refractivity contribution in [1.82, 2.24) is 14.9 Å². The van der Waals surface area contributed by atoms with Crippen LogP contribution in [0, 0.1) is 0 Å². The first kappa shape index (κ1) is 25.7. The van der Waals surface area contributed by atoms with Gasteiger partial charge in [-0.2, -0.15) is 4.98 Å². The van der Waals surface area contributed by atoms with Crippen LogP contribution in [0.2, 0.25) is 5.02 Å². The number of halogens is 1. The van der Waals surface area contributed by atoms with Gasteiger partial charge in [-0.15, -0.1) is 0 Å². The van der Waals surface area contributed by atoms with Gasteiger partial charge in [0.1, 0.15) is 5.02 Å². The largest absolute Gasteiger partial charge is 0.365 e. The summed E-state index contributed by atoms with van der Waals surface area (Å²) >= 11 is 6.34. The van der Waals surface area contributed by atoms with E-state index >= 15 is 0 Å². The van der Waals surface area contributed by atoms with Gasteiger partial charge in [0.05, 0.1) is 23.4 Å². The number of carbonyl (C=O) groups excluding carboxylic acids is 2.